The van der Waals surface area contributed by atoms with Gasteiger partial charge in [0.05, 0.1) is 19.8 Å². The Labute approximate surface area is 158 Å². The fourth-order valence-corrected chi connectivity index (χ4v) is 2.19. The first-order chi connectivity index (χ1) is 12.9. The molecule has 0 spiro atoms. The van der Waals surface area contributed by atoms with E-state index >= 15 is 0 Å². The molecule has 1 aliphatic heterocycles. The molecule has 8 heteroatoms. The summed E-state index contributed by atoms with van der Waals surface area (Å²) in [6.45, 7) is 10.7. The van der Waals surface area contributed by atoms with Crippen LogP contribution in [0.2, 0.25) is 0 Å². The molecule has 0 aliphatic carbocycles. The molecule has 1 aliphatic rings. The highest BCUT2D eigenvalue weighted by molar-refractivity contribution is 5.89. The molecule has 1 saturated heterocycles. The van der Waals surface area contributed by atoms with Crippen molar-refractivity contribution in [1.82, 2.24) is 0 Å². The van der Waals surface area contributed by atoms with E-state index in [0.29, 0.717) is 24.6 Å². The second-order valence-corrected chi connectivity index (χ2v) is 5.13. The molecule has 0 aromatic heterocycles. The lowest BCUT2D eigenvalue weighted by molar-refractivity contribution is -0.136. The molecule has 0 unspecified atom stereocenters. The van der Waals surface area contributed by atoms with Gasteiger partial charge >= 0.3 is 12.3 Å². The number of hydrogen-bond donors (Lipinski definition) is 0. The van der Waals surface area contributed by atoms with Crippen LogP contribution in [0, 0.1) is 0 Å². The van der Waals surface area contributed by atoms with Crippen molar-refractivity contribution in [3.63, 3.8) is 0 Å². The maximum Gasteiger partial charge on any atom is 0.414 e. The predicted octanol–water partition coefficient (Wildman–Crippen LogP) is 5.21. The number of carbonyl (C=O) groups is 1. The Morgan fingerprint density at radius 1 is 1.22 bits per heavy atom. The van der Waals surface area contributed by atoms with Gasteiger partial charge < -0.3 is 14.2 Å². The van der Waals surface area contributed by atoms with Gasteiger partial charge in [-0.15, -0.1) is 13.2 Å². The van der Waals surface area contributed by atoms with E-state index in [4.69, 9.17) is 14.2 Å². The number of hydrogen-bond acceptors (Lipinski definition) is 4. The average Bonchev–Trinajstić information content (AvgIpc) is 3.02. The third kappa shape index (κ3) is 9.33. The summed E-state index contributed by atoms with van der Waals surface area (Å²) in [5.74, 6) is 0.455. The standard InChI is InChI=1S/C15H18F3NO4.C2H6.C2H4/c1-21-10-13-9-19(14(20)23-13)11-3-5-12(6-4-11)22-8-2-7-15(16,17)18;2*1-2/h3-6,13H,2,7-10H2,1H3;1-2H3;1-2H2/t13-;;/m1../s1. The number of anilines is 1. The molecule has 0 radical (unpaired) electrons. The van der Waals surface area contributed by atoms with Crippen LogP contribution >= 0.6 is 0 Å². The third-order valence-electron chi connectivity index (χ3n) is 3.25. The summed E-state index contributed by atoms with van der Waals surface area (Å²) in [5, 5.41) is 0. The maximum absolute atomic E-state index is 12.0. The molecule has 2 rings (SSSR count). The summed E-state index contributed by atoms with van der Waals surface area (Å²) in [4.78, 5) is 13.2. The van der Waals surface area contributed by atoms with E-state index in [0.717, 1.165) is 0 Å². The highest BCUT2D eigenvalue weighted by atomic mass is 19.4. The summed E-state index contributed by atoms with van der Waals surface area (Å²) in [6.07, 6.45) is -5.90. The lowest BCUT2D eigenvalue weighted by Gasteiger charge is -2.14. The first-order valence-electron chi connectivity index (χ1n) is 8.66. The number of benzene rings is 1. The Kier molecular flexibility index (Phi) is 12.0. The van der Waals surface area contributed by atoms with Crippen LogP contribution < -0.4 is 9.64 Å². The van der Waals surface area contributed by atoms with Crippen molar-refractivity contribution in [2.75, 3.05) is 31.8 Å². The number of methoxy groups -OCH3 is 1. The number of halogens is 3. The molecule has 0 N–H and O–H groups in total. The Balaban J connectivity index is 0.00000158. The number of carbonyl (C=O) groups excluding carboxylic acids is 1. The van der Waals surface area contributed by atoms with Crippen molar-refractivity contribution in [3.8, 4) is 5.75 Å². The van der Waals surface area contributed by atoms with Gasteiger partial charge in [-0.1, -0.05) is 13.8 Å². The van der Waals surface area contributed by atoms with Crippen molar-refractivity contribution in [1.29, 1.82) is 0 Å². The van der Waals surface area contributed by atoms with Crippen molar-refractivity contribution in [2.24, 2.45) is 0 Å². The van der Waals surface area contributed by atoms with Crippen LogP contribution in [0.5, 0.6) is 5.75 Å². The number of alkyl halides is 3. The van der Waals surface area contributed by atoms with Crippen molar-refractivity contribution in [3.05, 3.63) is 37.4 Å². The van der Waals surface area contributed by atoms with Gasteiger partial charge in [-0.2, -0.15) is 13.2 Å². The molecule has 1 heterocycles. The Bertz CT molecular complexity index is 535. The minimum atomic E-state index is -4.16. The van der Waals surface area contributed by atoms with Gasteiger partial charge in [0.1, 0.15) is 11.9 Å². The van der Waals surface area contributed by atoms with Gasteiger partial charge in [0.15, 0.2) is 0 Å². The molecule has 1 fully saturated rings. The SMILES string of the molecule is C=C.CC.COC[C@H]1CN(c2ccc(OCCCC(F)(F)F)cc2)C(=O)O1. The highest BCUT2D eigenvalue weighted by Crippen LogP contribution is 2.25. The fraction of sp³-hybridized carbons (Fsp3) is 0.526. The van der Waals surface area contributed by atoms with E-state index < -0.39 is 18.7 Å². The zero-order valence-electron chi connectivity index (χ0n) is 16.1. The van der Waals surface area contributed by atoms with Crippen LogP contribution in [-0.4, -0.2) is 45.2 Å². The molecule has 5 nitrogen and oxygen atoms in total. The number of ether oxygens (including phenoxy) is 3. The summed E-state index contributed by atoms with van der Waals surface area (Å²) < 4.78 is 51.4. The van der Waals surface area contributed by atoms with Crippen molar-refractivity contribution >= 4 is 11.8 Å². The zero-order chi connectivity index (χ0) is 20.9. The largest absolute Gasteiger partial charge is 0.494 e. The second-order valence-electron chi connectivity index (χ2n) is 5.13. The summed E-state index contributed by atoms with van der Waals surface area (Å²) in [6, 6.07) is 6.55. The van der Waals surface area contributed by atoms with E-state index in [1.165, 1.54) is 12.0 Å². The van der Waals surface area contributed by atoms with Gasteiger partial charge in [-0.3, -0.25) is 4.90 Å². The fourth-order valence-electron chi connectivity index (χ4n) is 2.19. The molecule has 154 valence electrons. The highest BCUT2D eigenvalue weighted by Gasteiger charge is 2.32. The van der Waals surface area contributed by atoms with Crippen LogP contribution in [0.4, 0.5) is 23.7 Å². The minimum Gasteiger partial charge on any atom is -0.494 e. The van der Waals surface area contributed by atoms with E-state index in [-0.39, 0.29) is 19.1 Å². The molecule has 1 amide bonds. The van der Waals surface area contributed by atoms with Crippen LogP contribution in [0.3, 0.4) is 0 Å². The lowest BCUT2D eigenvalue weighted by Crippen LogP contribution is -2.25. The maximum atomic E-state index is 12.0. The van der Waals surface area contributed by atoms with Crippen LogP contribution in [0.15, 0.2) is 37.4 Å². The zero-order valence-corrected chi connectivity index (χ0v) is 16.1. The normalized spacial score (nSPS) is 15.9. The monoisotopic (exact) mass is 391 g/mol. The predicted molar refractivity (Wildman–Crippen MR) is 99.3 cm³/mol. The smallest absolute Gasteiger partial charge is 0.414 e. The van der Waals surface area contributed by atoms with Crippen LogP contribution in [0.1, 0.15) is 26.7 Å². The quantitative estimate of drug-likeness (QED) is 0.473. The molecule has 0 saturated carbocycles. The van der Waals surface area contributed by atoms with Crippen molar-refractivity contribution < 1.29 is 32.2 Å². The number of amides is 1. The Hall–Kier alpha value is -2.22. The molecule has 1 atom stereocenters. The molecule has 0 bridgehead atoms. The molecular formula is C19H28F3NO4. The van der Waals surface area contributed by atoms with E-state index in [1.807, 2.05) is 13.8 Å². The van der Waals surface area contributed by atoms with Gasteiger partial charge in [0, 0.05) is 19.2 Å². The summed E-state index contributed by atoms with van der Waals surface area (Å²) in [5.41, 5.74) is 0.635. The van der Waals surface area contributed by atoms with E-state index in [2.05, 4.69) is 13.2 Å². The van der Waals surface area contributed by atoms with Gasteiger partial charge in [-0.05, 0) is 30.7 Å². The van der Waals surface area contributed by atoms with Crippen LogP contribution in [0.25, 0.3) is 0 Å². The Morgan fingerprint density at radius 3 is 2.33 bits per heavy atom. The number of cyclic esters (lactones) is 1. The third-order valence-corrected chi connectivity index (χ3v) is 3.25. The first kappa shape index (κ1) is 24.8. The number of rotatable bonds is 7. The molecule has 27 heavy (non-hydrogen) atoms. The lowest BCUT2D eigenvalue weighted by atomic mass is 10.2. The van der Waals surface area contributed by atoms with Crippen LogP contribution in [-0.2, 0) is 9.47 Å². The van der Waals surface area contributed by atoms with Crippen molar-refractivity contribution in [2.45, 2.75) is 39.0 Å². The van der Waals surface area contributed by atoms with E-state index in [9.17, 15) is 18.0 Å². The summed E-state index contributed by atoms with van der Waals surface area (Å²) >= 11 is 0. The van der Waals surface area contributed by atoms with E-state index in [1.54, 1.807) is 24.3 Å². The van der Waals surface area contributed by atoms with Gasteiger partial charge in [-0.25, -0.2) is 4.79 Å². The minimum absolute atomic E-state index is 0.0134. The topological polar surface area (TPSA) is 48.0 Å². The molecular weight excluding hydrogens is 363 g/mol. The molecule has 1 aromatic carbocycles. The second kappa shape index (κ2) is 13.0. The van der Waals surface area contributed by atoms with Gasteiger partial charge in [0.2, 0.25) is 0 Å². The van der Waals surface area contributed by atoms with Gasteiger partial charge in [0.25, 0.3) is 0 Å². The molecule has 1 aromatic rings. The Morgan fingerprint density at radius 2 is 1.81 bits per heavy atom. The summed E-state index contributed by atoms with van der Waals surface area (Å²) in [7, 11) is 1.53. The first-order valence-corrected chi connectivity index (χ1v) is 8.66. The number of nitrogens with zero attached hydrogens (tertiary/aromatic N) is 1. The average molecular weight is 391 g/mol.